The van der Waals surface area contributed by atoms with Gasteiger partial charge in [0.25, 0.3) is 5.91 Å². The lowest BCUT2D eigenvalue weighted by Crippen LogP contribution is -2.51. The van der Waals surface area contributed by atoms with Gasteiger partial charge in [-0.25, -0.2) is 0 Å². The molecule has 2 amide bonds. The summed E-state index contributed by atoms with van der Waals surface area (Å²) in [5, 5.41) is 3.91. The Hall–Kier alpha value is -2.44. The van der Waals surface area contributed by atoms with Gasteiger partial charge < -0.3 is 19.7 Å². The van der Waals surface area contributed by atoms with Crippen LogP contribution in [-0.4, -0.2) is 42.5 Å². The number of hydrogen-bond donors (Lipinski definition) is 1. The molecule has 2 aromatic rings. The van der Waals surface area contributed by atoms with Gasteiger partial charge in [0.1, 0.15) is 17.5 Å². The van der Waals surface area contributed by atoms with Gasteiger partial charge in [0, 0.05) is 17.6 Å². The molecule has 1 aliphatic rings. The van der Waals surface area contributed by atoms with E-state index in [1.165, 1.54) is 11.3 Å². The minimum atomic E-state index is -0.671. The van der Waals surface area contributed by atoms with Crippen LogP contribution in [0.4, 0.5) is 0 Å². The summed E-state index contributed by atoms with van der Waals surface area (Å²) in [5.41, 5.74) is 0.851. The highest BCUT2D eigenvalue weighted by molar-refractivity contribution is 6.35. The number of ether oxygens (including phenoxy) is 2. The maximum Gasteiger partial charge on any atom is 0.261 e. The highest BCUT2D eigenvalue weighted by atomic mass is 35.5. The van der Waals surface area contributed by atoms with Crippen LogP contribution >= 0.6 is 23.2 Å². The van der Waals surface area contributed by atoms with Crippen LogP contribution in [0, 0.1) is 0 Å². The van der Waals surface area contributed by atoms with Gasteiger partial charge >= 0.3 is 0 Å². The van der Waals surface area contributed by atoms with Crippen molar-refractivity contribution < 1.29 is 19.1 Å². The van der Waals surface area contributed by atoms with Crippen LogP contribution in [0.3, 0.4) is 0 Å². The topological polar surface area (TPSA) is 67.9 Å². The molecule has 0 saturated heterocycles. The molecule has 1 saturated carbocycles. The van der Waals surface area contributed by atoms with Gasteiger partial charge in [-0.15, -0.1) is 0 Å². The third-order valence-electron chi connectivity index (χ3n) is 5.85. The molecule has 0 aliphatic heterocycles. The second-order valence-electron chi connectivity index (χ2n) is 8.26. The minimum Gasteiger partial charge on any atom is -0.497 e. The van der Waals surface area contributed by atoms with Gasteiger partial charge in [-0.3, -0.25) is 9.59 Å². The first-order chi connectivity index (χ1) is 15.9. The molecule has 1 fully saturated rings. The Balaban J connectivity index is 1.74. The van der Waals surface area contributed by atoms with Crippen molar-refractivity contribution in [2.45, 2.75) is 57.7 Å². The van der Waals surface area contributed by atoms with Crippen LogP contribution in [0.5, 0.6) is 11.5 Å². The molecule has 1 N–H and O–H groups in total. The predicted octanol–water partition coefficient (Wildman–Crippen LogP) is 5.25. The van der Waals surface area contributed by atoms with Crippen molar-refractivity contribution >= 4 is 35.0 Å². The summed E-state index contributed by atoms with van der Waals surface area (Å²) in [6.07, 6.45) is 5.37. The zero-order valence-electron chi connectivity index (χ0n) is 19.0. The summed E-state index contributed by atoms with van der Waals surface area (Å²) < 4.78 is 11.0. The van der Waals surface area contributed by atoms with Crippen molar-refractivity contribution in [2.24, 2.45) is 0 Å². The Labute approximate surface area is 205 Å². The summed E-state index contributed by atoms with van der Waals surface area (Å²) >= 11 is 12.1. The largest absolute Gasteiger partial charge is 0.497 e. The Kier molecular flexibility index (Phi) is 9.27. The van der Waals surface area contributed by atoms with E-state index in [-0.39, 0.29) is 31.0 Å². The summed E-state index contributed by atoms with van der Waals surface area (Å²) in [6.45, 7) is 1.73. The predicted molar refractivity (Wildman–Crippen MR) is 130 cm³/mol. The van der Waals surface area contributed by atoms with E-state index in [2.05, 4.69) is 5.32 Å². The standard InChI is InChI=1S/C25H30Cl2N2O4/c1-17(25(31)28-20-8-4-3-5-9-20)29(15-18-7-6-10-21(13-18)32-2)24(30)16-33-23-12-11-19(26)14-22(23)27/h6-7,10-14,17,20H,3-5,8-9,15-16H2,1-2H3,(H,28,31)/t17-/m1/s1. The molecular weight excluding hydrogens is 463 g/mol. The number of benzene rings is 2. The van der Waals surface area contributed by atoms with Gasteiger partial charge in [0.05, 0.1) is 12.1 Å². The van der Waals surface area contributed by atoms with E-state index < -0.39 is 6.04 Å². The highest BCUT2D eigenvalue weighted by Gasteiger charge is 2.28. The number of hydrogen-bond acceptors (Lipinski definition) is 4. The quantitative estimate of drug-likeness (QED) is 0.519. The van der Waals surface area contributed by atoms with Crippen LogP contribution in [-0.2, 0) is 16.1 Å². The van der Waals surface area contributed by atoms with E-state index >= 15 is 0 Å². The molecule has 0 bridgehead atoms. The van der Waals surface area contributed by atoms with Gasteiger partial charge in [-0.05, 0) is 55.7 Å². The lowest BCUT2D eigenvalue weighted by molar-refractivity contribution is -0.142. The molecule has 0 heterocycles. The first-order valence-electron chi connectivity index (χ1n) is 11.2. The molecule has 2 aromatic carbocycles. The van der Waals surface area contributed by atoms with Gasteiger partial charge in [0.2, 0.25) is 5.91 Å². The zero-order valence-corrected chi connectivity index (χ0v) is 20.5. The third-order valence-corrected chi connectivity index (χ3v) is 6.38. The molecule has 0 aromatic heterocycles. The molecule has 1 atom stereocenters. The van der Waals surface area contributed by atoms with Crippen molar-refractivity contribution in [3.63, 3.8) is 0 Å². The average Bonchev–Trinajstić information content (AvgIpc) is 2.82. The Morgan fingerprint density at radius 3 is 2.58 bits per heavy atom. The van der Waals surface area contributed by atoms with Gasteiger partial charge in [0.15, 0.2) is 6.61 Å². The normalized spacial score (nSPS) is 14.9. The van der Waals surface area contributed by atoms with Gasteiger partial charge in [-0.1, -0.05) is 54.6 Å². The maximum absolute atomic E-state index is 13.2. The molecule has 8 heteroatoms. The van der Waals surface area contributed by atoms with E-state index in [4.69, 9.17) is 32.7 Å². The van der Waals surface area contributed by atoms with Crippen molar-refractivity contribution in [3.05, 3.63) is 58.1 Å². The van der Waals surface area contributed by atoms with Crippen LogP contribution in [0.2, 0.25) is 10.0 Å². The lowest BCUT2D eigenvalue weighted by Gasteiger charge is -2.31. The number of nitrogens with one attached hydrogen (secondary N) is 1. The first kappa shape index (κ1) is 25.2. The Bertz CT molecular complexity index is 963. The fourth-order valence-corrected chi connectivity index (χ4v) is 4.40. The number of rotatable bonds is 9. The van der Waals surface area contributed by atoms with E-state index in [1.807, 2.05) is 24.3 Å². The maximum atomic E-state index is 13.2. The number of carbonyl (C=O) groups excluding carboxylic acids is 2. The molecule has 1 aliphatic carbocycles. The summed E-state index contributed by atoms with van der Waals surface area (Å²) in [5.74, 6) is 0.552. The van der Waals surface area contributed by atoms with Gasteiger partial charge in [-0.2, -0.15) is 0 Å². The molecule has 0 unspecified atom stereocenters. The second-order valence-corrected chi connectivity index (χ2v) is 9.10. The van der Waals surface area contributed by atoms with E-state index in [9.17, 15) is 9.59 Å². The molecule has 33 heavy (non-hydrogen) atoms. The highest BCUT2D eigenvalue weighted by Crippen LogP contribution is 2.27. The smallest absolute Gasteiger partial charge is 0.261 e. The number of nitrogens with zero attached hydrogens (tertiary/aromatic N) is 1. The summed E-state index contributed by atoms with van der Waals surface area (Å²) in [4.78, 5) is 27.8. The summed E-state index contributed by atoms with van der Waals surface area (Å²) in [7, 11) is 1.59. The molecule has 178 valence electrons. The van der Waals surface area contributed by atoms with Crippen LogP contribution in [0.25, 0.3) is 0 Å². The monoisotopic (exact) mass is 492 g/mol. The van der Waals surface area contributed by atoms with Crippen LogP contribution in [0.15, 0.2) is 42.5 Å². The van der Waals surface area contributed by atoms with Crippen molar-refractivity contribution in [1.82, 2.24) is 10.2 Å². The zero-order chi connectivity index (χ0) is 23.8. The van der Waals surface area contributed by atoms with E-state index in [0.29, 0.717) is 21.5 Å². The number of amides is 2. The van der Waals surface area contributed by atoms with Crippen LogP contribution in [0.1, 0.15) is 44.6 Å². The van der Waals surface area contributed by atoms with Crippen molar-refractivity contribution in [1.29, 1.82) is 0 Å². The number of methoxy groups -OCH3 is 1. The molecule has 6 nitrogen and oxygen atoms in total. The minimum absolute atomic E-state index is 0.159. The number of carbonyl (C=O) groups is 2. The van der Waals surface area contributed by atoms with Crippen molar-refractivity contribution in [3.8, 4) is 11.5 Å². The lowest BCUT2D eigenvalue weighted by atomic mass is 9.95. The molecule has 0 radical (unpaired) electrons. The average molecular weight is 493 g/mol. The molecular formula is C25H30Cl2N2O4. The fraction of sp³-hybridized carbons (Fsp3) is 0.440. The Morgan fingerprint density at radius 1 is 1.12 bits per heavy atom. The fourth-order valence-electron chi connectivity index (χ4n) is 3.93. The SMILES string of the molecule is COc1cccc(CN(C(=O)COc2ccc(Cl)cc2Cl)[C@H](C)C(=O)NC2CCCCC2)c1. The van der Waals surface area contributed by atoms with E-state index in [1.54, 1.807) is 32.2 Å². The molecule has 3 rings (SSSR count). The van der Waals surface area contributed by atoms with Crippen LogP contribution < -0.4 is 14.8 Å². The Morgan fingerprint density at radius 2 is 1.88 bits per heavy atom. The third kappa shape index (κ3) is 7.27. The number of halogens is 2. The summed E-state index contributed by atoms with van der Waals surface area (Å²) in [6, 6.07) is 11.7. The van der Waals surface area contributed by atoms with Crippen molar-refractivity contribution in [2.75, 3.05) is 13.7 Å². The molecule has 0 spiro atoms. The van der Waals surface area contributed by atoms with E-state index in [0.717, 1.165) is 31.2 Å². The second kappa shape index (κ2) is 12.1. The first-order valence-corrected chi connectivity index (χ1v) is 11.9.